The molecule has 0 N–H and O–H groups in total. The van der Waals surface area contributed by atoms with E-state index in [2.05, 4.69) is 9.88 Å². The molecule has 5 heteroatoms. The summed E-state index contributed by atoms with van der Waals surface area (Å²) in [6.07, 6.45) is 9.77. The van der Waals surface area contributed by atoms with E-state index in [1.165, 1.54) is 5.56 Å². The predicted molar refractivity (Wildman–Crippen MR) is 94.4 cm³/mol. The molecule has 0 saturated carbocycles. The Hall–Kier alpha value is -1.85. The Morgan fingerprint density at radius 3 is 2.92 bits per heavy atom. The number of hydrogen-bond donors (Lipinski definition) is 0. The highest BCUT2D eigenvalue weighted by molar-refractivity contribution is 5.09. The Bertz CT molecular complexity index is 636. The van der Waals surface area contributed by atoms with Crippen LogP contribution in [0.2, 0.25) is 0 Å². The summed E-state index contributed by atoms with van der Waals surface area (Å²) in [6, 6.07) is 7.83. The van der Waals surface area contributed by atoms with E-state index in [1.807, 2.05) is 30.5 Å². The molecule has 1 spiro atoms. The van der Waals surface area contributed by atoms with Gasteiger partial charge in [-0.3, -0.25) is 4.90 Å². The van der Waals surface area contributed by atoms with Crippen molar-refractivity contribution in [2.75, 3.05) is 26.3 Å². The van der Waals surface area contributed by atoms with Crippen LogP contribution in [-0.4, -0.2) is 41.8 Å². The molecule has 0 aliphatic carbocycles. The van der Waals surface area contributed by atoms with Crippen LogP contribution in [0.4, 0.5) is 0 Å². The normalized spacial score (nSPS) is 23.1. The third-order valence-corrected chi connectivity index (χ3v) is 5.64. The first-order valence-electron chi connectivity index (χ1n) is 9.25. The van der Waals surface area contributed by atoms with Gasteiger partial charge < -0.3 is 13.9 Å². The lowest BCUT2D eigenvalue weighted by Crippen LogP contribution is -2.47. The van der Waals surface area contributed by atoms with Gasteiger partial charge in [0.15, 0.2) is 0 Å². The van der Waals surface area contributed by atoms with E-state index in [0.717, 1.165) is 51.9 Å². The smallest absolute Gasteiger partial charge is 0.213 e. The van der Waals surface area contributed by atoms with Crippen molar-refractivity contribution in [2.45, 2.75) is 37.8 Å². The van der Waals surface area contributed by atoms with Crippen LogP contribution in [0, 0.1) is 5.92 Å². The molecular weight excluding hydrogens is 316 g/mol. The molecule has 4 heterocycles. The average Bonchev–Trinajstić information content (AvgIpc) is 3.29. The summed E-state index contributed by atoms with van der Waals surface area (Å²) >= 11 is 0. The fourth-order valence-electron chi connectivity index (χ4n) is 4.21. The largest absolute Gasteiger partial charge is 0.478 e. The van der Waals surface area contributed by atoms with Gasteiger partial charge in [0.05, 0.1) is 24.7 Å². The molecule has 2 fully saturated rings. The Morgan fingerprint density at radius 1 is 1.24 bits per heavy atom. The maximum Gasteiger partial charge on any atom is 0.213 e. The first kappa shape index (κ1) is 16.6. The lowest BCUT2D eigenvalue weighted by Gasteiger charge is -2.42. The van der Waals surface area contributed by atoms with Gasteiger partial charge in [-0.25, -0.2) is 4.98 Å². The van der Waals surface area contributed by atoms with Gasteiger partial charge in [0, 0.05) is 44.1 Å². The fourth-order valence-corrected chi connectivity index (χ4v) is 4.21. The minimum atomic E-state index is 0.0559. The van der Waals surface area contributed by atoms with Gasteiger partial charge in [0.1, 0.15) is 0 Å². The van der Waals surface area contributed by atoms with Gasteiger partial charge in [0.25, 0.3) is 0 Å². The number of pyridine rings is 1. The summed E-state index contributed by atoms with van der Waals surface area (Å²) < 4.78 is 17.2. The molecule has 0 aromatic carbocycles. The van der Waals surface area contributed by atoms with Gasteiger partial charge in [-0.2, -0.15) is 0 Å². The van der Waals surface area contributed by atoms with Gasteiger partial charge in [-0.1, -0.05) is 6.07 Å². The molecule has 1 atom stereocenters. The molecular formula is C20H26N2O3. The van der Waals surface area contributed by atoms with E-state index in [0.29, 0.717) is 18.4 Å². The standard InChI is InChI=1S/C20H26N2O3/c1-2-9-21-19(3-1)24-13-5-18-6-14-25-20(18)7-10-22(11-8-20)15-17-4-12-23-16-17/h1-4,9,12,16,18H,5-8,10-11,13-15H2. The molecule has 0 bridgehead atoms. The number of nitrogens with zero attached hydrogens (tertiary/aromatic N) is 2. The Kier molecular flexibility index (Phi) is 5.04. The number of ether oxygens (including phenoxy) is 2. The van der Waals surface area contributed by atoms with E-state index < -0.39 is 0 Å². The third-order valence-electron chi connectivity index (χ3n) is 5.64. The third kappa shape index (κ3) is 3.88. The summed E-state index contributed by atoms with van der Waals surface area (Å²) in [5.74, 6) is 1.30. The van der Waals surface area contributed by atoms with Gasteiger partial charge in [-0.05, 0) is 43.7 Å². The number of hydrogen-bond acceptors (Lipinski definition) is 5. The van der Waals surface area contributed by atoms with E-state index in [4.69, 9.17) is 13.9 Å². The van der Waals surface area contributed by atoms with E-state index in [1.54, 1.807) is 12.5 Å². The molecule has 0 radical (unpaired) electrons. The maximum atomic E-state index is 6.26. The molecule has 2 aromatic rings. The van der Waals surface area contributed by atoms with Crippen LogP contribution in [0.5, 0.6) is 5.88 Å². The van der Waals surface area contributed by atoms with Crippen LogP contribution in [0.15, 0.2) is 47.4 Å². The SMILES string of the molecule is c1ccc(OCCC2CCOC23CCN(Cc2ccoc2)CC3)nc1. The zero-order valence-corrected chi connectivity index (χ0v) is 14.6. The zero-order chi connectivity index (χ0) is 17.0. The number of likely N-dealkylation sites (tertiary alicyclic amines) is 1. The predicted octanol–water partition coefficient (Wildman–Crippen LogP) is 3.51. The van der Waals surface area contributed by atoms with Gasteiger partial charge in [0.2, 0.25) is 5.88 Å². The van der Waals surface area contributed by atoms with Crippen LogP contribution in [0.3, 0.4) is 0 Å². The lowest BCUT2D eigenvalue weighted by atomic mass is 9.78. The first-order valence-corrected chi connectivity index (χ1v) is 9.25. The lowest BCUT2D eigenvalue weighted by molar-refractivity contribution is -0.0709. The Labute approximate surface area is 148 Å². The summed E-state index contributed by atoms with van der Waals surface area (Å²) in [4.78, 5) is 6.72. The number of aromatic nitrogens is 1. The molecule has 134 valence electrons. The molecule has 2 saturated heterocycles. The van der Waals surface area contributed by atoms with Crippen LogP contribution in [-0.2, 0) is 11.3 Å². The monoisotopic (exact) mass is 342 g/mol. The summed E-state index contributed by atoms with van der Waals surface area (Å²) in [7, 11) is 0. The first-order chi connectivity index (χ1) is 12.3. The van der Waals surface area contributed by atoms with Crippen LogP contribution in [0.25, 0.3) is 0 Å². The van der Waals surface area contributed by atoms with Crippen molar-refractivity contribution < 1.29 is 13.9 Å². The quantitative estimate of drug-likeness (QED) is 0.804. The molecule has 1 unspecified atom stereocenters. The maximum absolute atomic E-state index is 6.26. The van der Waals surface area contributed by atoms with Crippen molar-refractivity contribution >= 4 is 0 Å². The van der Waals surface area contributed by atoms with E-state index in [9.17, 15) is 0 Å². The fraction of sp³-hybridized carbons (Fsp3) is 0.550. The number of furan rings is 1. The van der Waals surface area contributed by atoms with Crippen molar-refractivity contribution in [1.29, 1.82) is 0 Å². The van der Waals surface area contributed by atoms with Gasteiger partial charge >= 0.3 is 0 Å². The van der Waals surface area contributed by atoms with Crippen LogP contribution < -0.4 is 4.74 Å². The summed E-state index contributed by atoms with van der Waals surface area (Å²) in [5.41, 5.74) is 1.31. The molecule has 2 aliphatic heterocycles. The summed E-state index contributed by atoms with van der Waals surface area (Å²) in [6.45, 7) is 4.74. The molecule has 2 aromatic heterocycles. The van der Waals surface area contributed by atoms with Crippen molar-refractivity contribution in [3.05, 3.63) is 48.6 Å². The second-order valence-electron chi connectivity index (χ2n) is 7.11. The number of piperidine rings is 1. The molecule has 2 aliphatic rings. The minimum absolute atomic E-state index is 0.0559. The topological polar surface area (TPSA) is 47.7 Å². The zero-order valence-electron chi connectivity index (χ0n) is 14.6. The van der Waals surface area contributed by atoms with Crippen molar-refractivity contribution in [3.8, 4) is 5.88 Å². The second-order valence-corrected chi connectivity index (χ2v) is 7.11. The highest BCUT2D eigenvalue weighted by Crippen LogP contribution is 2.42. The molecule has 5 nitrogen and oxygen atoms in total. The molecule has 25 heavy (non-hydrogen) atoms. The Balaban J connectivity index is 1.27. The van der Waals surface area contributed by atoms with Crippen LogP contribution in [0.1, 0.15) is 31.2 Å². The van der Waals surface area contributed by atoms with Crippen LogP contribution >= 0.6 is 0 Å². The molecule has 0 amide bonds. The summed E-state index contributed by atoms with van der Waals surface area (Å²) in [5, 5.41) is 0. The molecule has 4 rings (SSSR count). The number of rotatable bonds is 6. The highest BCUT2D eigenvalue weighted by Gasteiger charge is 2.45. The van der Waals surface area contributed by atoms with E-state index >= 15 is 0 Å². The van der Waals surface area contributed by atoms with Crippen molar-refractivity contribution in [1.82, 2.24) is 9.88 Å². The van der Waals surface area contributed by atoms with Crippen molar-refractivity contribution in [3.63, 3.8) is 0 Å². The Morgan fingerprint density at radius 2 is 2.16 bits per heavy atom. The second kappa shape index (κ2) is 7.58. The van der Waals surface area contributed by atoms with Crippen molar-refractivity contribution in [2.24, 2.45) is 5.92 Å². The van der Waals surface area contributed by atoms with E-state index in [-0.39, 0.29) is 5.60 Å². The minimum Gasteiger partial charge on any atom is -0.478 e. The average molecular weight is 342 g/mol. The van der Waals surface area contributed by atoms with Gasteiger partial charge in [-0.15, -0.1) is 0 Å². The highest BCUT2D eigenvalue weighted by atomic mass is 16.5.